The minimum atomic E-state index is -0.558. The Kier molecular flexibility index (Phi) is 6.06. The van der Waals surface area contributed by atoms with Crippen LogP contribution in [0.25, 0.3) is 10.9 Å². The van der Waals surface area contributed by atoms with E-state index in [4.69, 9.17) is 4.74 Å². The van der Waals surface area contributed by atoms with Gasteiger partial charge in [0.25, 0.3) is 5.91 Å². The Morgan fingerprint density at radius 2 is 2.09 bits per heavy atom. The number of aromatic nitrogens is 1. The predicted octanol–water partition coefficient (Wildman–Crippen LogP) is 4.60. The summed E-state index contributed by atoms with van der Waals surface area (Å²) < 4.78 is 33.9. The van der Waals surface area contributed by atoms with Gasteiger partial charge in [-0.05, 0) is 62.4 Å². The van der Waals surface area contributed by atoms with Gasteiger partial charge in [0.2, 0.25) is 0 Å². The molecular weight excluding hydrogens is 424 g/mol. The third-order valence-corrected chi connectivity index (χ3v) is 7.14. The Labute approximate surface area is 192 Å². The Hall–Kier alpha value is -2.93. The Morgan fingerprint density at radius 3 is 2.85 bits per heavy atom. The number of nitrogens with one attached hydrogen (secondary N) is 2. The molecule has 1 unspecified atom stereocenters. The van der Waals surface area contributed by atoms with E-state index < -0.39 is 11.6 Å². The van der Waals surface area contributed by atoms with Crippen molar-refractivity contribution in [2.75, 3.05) is 20.2 Å². The van der Waals surface area contributed by atoms with Gasteiger partial charge in [-0.15, -0.1) is 0 Å². The minimum absolute atomic E-state index is 0.0925. The number of aromatic amines is 1. The second kappa shape index (κ2) is 9.14. The lowest BCUT2D eigenvalue weighted by atomic mass is 9.87. The van der Waals surface area contributed by atoms with Gasteiger partial charge in [0, 0.05) is 47.9 Å². The molecule has 174 valence electrons. The topological polar surface area (TPSA) is 57.4 Å². The highest BCUT2D eigenvalue weighted by atomic mass is 19.1. The first-order valence-corrected chi connectivity index (χ1v) is 11.7. The number of benzene rings is 2. The van der Waals surface area contributed by atoms with Crippen molar-refractivity contribution in [3.8, 4) is 5.75 Å². The van der Waals surface area contributed by atoms with Crippen LogP contribution in [0.1, 0.15) is 47.2 Å². The summed E-state index contributed by atoms with van der Waals surface area (Å²) >= 11 is 0. The van der Waals surface area contributed by atoms with Gasteiger partial charge in [-0.25, -0.2) is 8.78 Å². The maximum Gasteiger partial charge on any atom is 0.251 e. The molecule has 33 heavy (non-hydrogen) atoms. The molecule has 7 heteroatoms. The lowest BCUT2D eigenvalue weighted by Gasteiger charge is -2.44. The molecule has 2 aromatic carbocycles. The largest absolute Gasteiger partial charge is 0.492 e. The van der Waals surface area contributed by atoms with Crippen LogP contribution in [0.2, 0.25) is 0 Å². The number of aryl methyl sites for hydroxylation is 1. The molecule has 1 saturated carbocycles. The van der Waals surface area contributed by atoms with Crippen molar-refractivity contribution in [1.29, 1.82) is 0 Å². The van der Waals surface area contributed by atoms with Crippen molar-refractivity contribution in [3.05, 3.63) is 64.9 Å². The van der Waals surface area contributed by atoms with Crippen LogP contribution < -0.4 is 10.1 Å². The van der Waals surface area contributed by atoms with Crippen LogP contribution in [0.15, 0.2) is 36.5 Å². The van der Waals surface area contributed by atoms with Gasteiger partial charge in [-0.2, -0.15) is 0 Å². The van der Waals surface area contributed by atoms with Crippen LogP contribution in [0.4, 0.5) is 8.78 Å². The van der Waals surface area contributed by atoms with Crippen LogP contribution in [0, 0.1) is 11.6 Å². The molecule has 2 heterocycles. The molecule has 1 fully saturated rings. The van der Waals surface area contributed by atoms with Crippen molar-refractivity contribution in [2.45, 2.75) is 50.6 Å². The number of carbonyl (C=O) groups is 1. The van der Waals surface area contributed by atoms with E-state index in [0.29, 0.717) is 29.1 Å². The maximum atomic E-state index is 14.0. The molecule has 1 aliphatic heterocycles. The summed E-state index contributed by atoms with van der Waals surface area (Å²) in [5, 5.41) is 3.35. The molecule has 3 aromatic rings. The number of amides is 1. The number of H-pyrrole nitrogens is 1. The molecule has 0 radical (unpaired) electrons. The maximum absolute atomic E-state index is 14.0. The van der Waals surface area contributed by atoms with Crippen molar-refractivity contribution >= 4 is 16.8 Å². The third kappa shape index (κ3) is 4.22. The van der Waals surface area contributed by atoms with Gasteiger partial charge in [-0.1, -0.05) is 12.5 Å². The number of halogens is 2. The van der Waals surface area contributed by atoms with Gasteiger partial charge in [0.1, 0.15) is 24.0 Å². The van der Waals surface area contributed by atoms with E-state index >= 15 is 0 Å². The number of hydrogen-bond donors (Lipinski definition) is 2. The molecule has 2 aliphatic rings. The number of nitrogens with zero attached hydrogens (tertiary/aromatic N) is 1. The van der Waals surface area contributed by atoms with Crippen molar-refractivity contribution in [3.63, 3.8) is 0 Å². The van der Waals surface area contributed by atoms with Crippen LogP contribution >= 0.6 is 0 Å². The highest BCUT2D eigenvalue weighted by Gasteiger charge is 2.34. The standard InChI is InChI=1S/C26H29F2N3O2/c1-29-26(32)20-8-3-9-24-22(20)13-19(15-33-24)31(18-6-2-7-18)10-4-5-16-14-30-25-21(16)11-17(27)12-23(25)28/h3,8-9,11-12,14,18-19,30H,2,4-7,10,13,15H2,1H3,(H,29,32). The summed E-state index contributed by atoms with van der Waals surface area (Å²) in [5.41, 5.74) is 2.95. The molecule has 1 aromatic heterocycles. The fraction of sp³-hybridized carbons (Fsp3) is 0.423. The van der Waals surface area contributed by atoms with E-state index in [1.54, 1.807) is 13.2 Å². The van der Waals surface area contributed by atoms with Crippen LogP contribution in [-0.2, 0) is 12.8 Å². The van der Waals surface area contributed by atoms with E-state index in [9.17, 15) is 13.6 Å². The Bertz CT molecular complexity index is 1170. The predicted molar refractivity (Wildman–Crippen MR) is 124 cm³/mol. The smallest absolute Gasteiger partial charge is 0.251 e. The number of carbonyl (C=O) groups excluding carboxylic acids is 1. The fourth-order valence-electron chi connectivity index (χ4n) is 5.20. The first kappa shape index (κ1) is 21.9. The van der Waals surface area contributed by atoms with E-state index in [1.807, 2.05) is 18.2 Å². The SMILES string of the molecule is CNC(=O)c1cccc2c1CC(N(CCCc1c[nH]c3c(F)cc(F)cc13)C1CCC1)CO2. The molecule has 1 amide bonds. The lowest BCUT2D eigenvalue weighted by Crippen LogP contribution is -2.51. The van der Waals surface area contributed by atoms with Crippen LogP contribution in [0.3, 0.4) is 0 Å². The molecule has 1 aliphatic carbocycles. The fourth-order valence-corrected chi connectivity index (χ4v) is 5.20. The summed E-state index contributed by atoms with van der Waals surface area (Å²) in [6.45, 7) is 1.48. The summed E-state index contributed by atoms with van der Waals surface area (Å²) in [6.07, 6.45) is 7.75. The first-order chi connectivity index (χ1) is 16.0. The molecule has 0 spiro atoms. The molecule has 2 N–H and O–H groups in total. The molecule has 5 nitrogen and oxygen atoms in total. The quantitative estimate of drug-likeness (QED) is 0.550. The van der Waals surface area contributed by atoms with Crippen LogP contribution in [0.5, 0.6) is 5.75 Å². The van der Waals surface area contributed by atoms with E-state index in [2.05, 4.69) is 15.2 Å². The zero-order valence-electron chi connectivity index (χ0n) is 18.8. The minimum Gasteiger partial charge on any atom is -0.492 e. The molecular formula is C26H29F2N3O2. The monoisotopic (exact) mass is 453 g/mol. The number of hydrogen-bond acceptors (Lipinski definition) is 3. The average Bonchev–Trinajstić information content (AvgIpc) is 3.19. The van der Waals surface area contributed by atoms with E-state index in [0.717, 1.165) is 48.8 Å². The highest BCUT2D eigenvalue weighted by Crippen LogP contribution is 2.34. The lowest BCUT2D eigenvalue weighted by molar-refractivity contribution is 0.0434. The third-order valence-electron chi connectivity index (χ3n) is 7.14. The average molecular weight is 454 g/mol. The van der Waals surface area contributed by atoms with Gasteiger partial charge in [0.05, 0.1) is 5.52 Å². The molecule has 0 saturated heterocycles. The van der Waals surface area contributed by atoms with Gasteiger partial charge in [0.15, 0.2) is 0 Å². The normalized spacial score (nSPS) is 18.1. The summed E-state index contributed by atoms with van der Waals surface area (Å²) in [6, 6.07) is 8.68. The summed E-state index contributed by atoms with van der Waals surface area (Å²) in [5.74, 6) is -0.409. The van der Waals surface area contributed by atoms with E-state index in [1.165, 1.54) is 25.3 Å². The second-order valence-electron chi connectivity index (χ2n) is 9.08. The highest BCUT2D eigenvalue weighted by molar-refractivity contribution is 5.96. The number of fused-ring (bicyclic) bond motifs is 2. The molecule has 1 atom stereocenters. The van der Waals surface area contributed by atoms with E-state index in [-0.39, 0.29) is 11.9 Å². The number of rotatable bonds is 7. The van der Waals surface area contributed by atoms with Crippen molar-refractivity contribution < 1.29 is 18.3 Å². The summed E-state index contributed by atoms with van der Waals surface area (Å²) in [4.78, 5) is 17.9. The summed E-state index contributed by atoms with van der Waals surface area (Å²) in [7, 11) is 1.64. The zero-order valence-corrected chi connectivity index (χ0v) is 18.8. The zero-order chi connectivity index (χ0) is 22.9. The van der Waals surface area contributed by atoms with Crippen LogP contribution in [-0.4, -0.2) is 48.1 Å². The second-order valence-corrected chi connectivity index (χ2v) is 9.08. The first-order valence-electron chi connectivity index (χ1n) is 11.7. The van der Waals surface area contributed by atoms with Gasteiger partial charge in [-0.3, -0.25) is 9.69 Å². The van der Waals surface area contributed by atoms with Gasteiger partial charge >= 0.3 is 0 Å². The Balaban J connectivity index is 1.31. The molecule has 0 bridgehead atoms. The van der Waals surface area contributed by atoms with Crippen molar-refractivity contribution in [2.24, 2.45) is 0 Å². The molecule has 5 rings (SSSR count). The van der Waals surface area contributed by atoms with Gasteiger partial charge < -0.3 is 15.0 Å². The van der Waals surface area contributed by atoms with Crippen molar-refractivity contribution in [1.82, 2.24) is 15.2 Å². The number of ether oxygens (including phenoxy) is 1. The Morgan fingerprint density at radius 1 is 1.24 bits per heavy atom.